The van der Waals surface area contributed by atoms with Crippen molar-refractivity contribution >= 4 is 5.91 Å². The fraction of sp³-hybridized carbons (Fsp3) is 0.471. The van der Waals surface area contributed by atoms with E-state index in [1.165, 1.54) is 11.9 Å². The first kappa shape index (κ1) is 16.6. The zero-order valence-corrected chi connectivity index (χ0v) is 13.8. The zero-order chi connectivity index (χ0) is 16.9. The fourth-order valence-corrected chi connectivity index (χ4v) is 3.11. The highest BCUT2D eigenvalue weighted by molar-refractivity contribution is 5.76. The van der Waals surface area contributed by atoms with Crippen molar-refractivity contribution in [1.82, 2.24) is 24.6 Å². The first-order valence-corrected chi connectivity index (χ1v) is 8.16. The molecule has 2 aromatic rings. The third-order valence-corrected chi connectivity index (χ3v) is 4.47. The van der Waals surface area contributed by atoms with Gasteiger partial charge in [0.05, 0.1) is 18.7 Å². The van der Waals surface area contributed by atoms with Gasteiger partial charge in [0, 0.05) is 26.1 Å². The number of aromatic nitrogens is 3. The van der Waals surface area contributed by atoms with E-state index in [2.05, 4.69) is 27.1 Å². The monoisotopic (exact) mass is 329 g/mol. The Morgan fingerprint density at radius 1 is 1.33 bits per heavy atom. The van der Waals surface area contributed by atoms with Crippen molar-refractivity contribution in [2.45, 2.75) is 31.7 Å². The first-order valence-electron chi connectivity index (χ1n) is 8.16. The SMILES string of the molecule is CN(Cc1ccccc1)[C@@H]1CN(C(=O)CCn2cncn2)C[C@H]1O. The summed E-state index contributed by atoms with van der Waals surface area (Å²) in [6.07, 6.45) is 2.90. The highest BCUT2D eigenvalue weighted by Gasteiger charge is 2.36. The molecule has 1 aliphatic heterocycles. The lowest BCUT2D eigenvalue weighted by Gasteiger charge is -2.26. The largest absolute Gasteiger partial charge is 0.390 e. The summed E-state index contributed by atoms with van der Waals surface area (Å²) >= 11 is 0. The van der Waals surface area contributed by atoms with Crippen LogP contribution in [-0.4, -0.2) is 67.9 Å². The van der Waals surface area contributed by atoms with Crippen LogP contribution < -0.4 is 0 Å². The van der Waals surface area contributed by atoms with E-state index in [1.54, 1.807) is 15.9 Å². The summed E-state index contributed by atoms with van der Waals surface area (Å²) in [6.45, 7) is 2.21. The molecule has 128 valence electrons. The molecule has 0 unspecified atom stereocenters. The highest BCUT2D eigenvalue weighted by atomic mass is 16.3. The van der Waals surface area contributed by atoms with E-state index < -0.39 is 6.10 Å². The molecule has 24 heavy (non-hydrogen) atoms. The summed E-state index contributed by atoms with van der Waals surface area (Å²) in [5.74, 6) is 0.0418. The van der Waals surface area contributed by atoms with Crippen molar-refractivity contribution in [3.8, 4) is 0 Å². The van der Waals surface area contributed by atoms with E-state index in [4.69, 9.17) is 0 Å². The Labute approximate surface area is 141 Å². The molecular weight excluding hydrogens is 306 g/mol. The molecule has 0 aliphatic carbocycles. The number of aryl methyl sites for hydroxylation is 1. The van der Waals surface area contributed by atoms with Crippen LogP contribution >= 0.6 is 0 Å². The number of carbonyl (C=O) groups is 1. The molecule has 0 radical (unpaired) electrons. The van der Waals surface area contributed by atoms with Gasteiger partial charge >= 0.3 is 0 Å². The predicted octanol–water partition coefficient (Wildman–Crippen LogP) is 0.372. The lowest BCUT2D eigenvalue weighted by Crippen LogP contribution is -2.40. The predicted molar refractivity (Wildman–Crippen MR) is 88.9 cm³/mol. The number of β-amino-alcohol motifs (C(OH)–C–C–N with tert-alkyl or cyclic N) is 1. The van der Waals surface area contributed by atoms with Crippen molar-refractivity contribution in [3.63, 3.8) is 0 Å². The van der Waals surface area contributed by atoms with Gasteiger partial charge in [0.25, 0.3) is 0 Å². The van der Waals surface area contributed by atoms with Gasteiger partial charge < -0.3 is 10.0 Å². The van der Waals surface area contributed by atoms with E-state index >= 15 is 0 Å². The lowest BCUT2D eigenvalue weighted by molar-refractivity contribution is -0.130. The maximum atomic E-state index is 12.3. The van der Waals surface area contributed by atoms with Crippen LogP contribution in [0.3, 0.4) is 0 Å². The molecule has 1 aliphatic rings. The van der Waals surface area contributed by atoms with Crippen LogP contribution in [-0.2, 0) is 17.9 Å². The van der Waals surface area contributed by atoms with E-state index in [1.807, 2.05) is 25.2 Å². The van der Waals surface area contributed by atoms with E-state index in [-0.39, 0.29) is 11.9 Å². The van der Waals surface area contributed by atoms with Crippen molar-refractivity contribution in [3.05, 3.63) is 48.5 Å². The second kappa shape index (κ2) is 7.55. The molecule has 1 amide bonds. The van der Waals surface area contributed by atoms with Crippen molar-refractivity contribution in [2.75, 3.05) is 20.1 Å². The minimum atomic E-state index is -0.519. The Morgan fingerprint density at radius 2 is 2.12 bits per heavy atom. The Kier molecular flexibility index (Phi) is 5.22. The molecule has 2 atom stereocenters. The number of benzene rings is 1. The van der Waals surface area contributed by atoms with Crippen LogP contribution in [0.15, 0.2) is 43.0 Å². The molecule has 2 heterocycles. The van der Waals surface area contributed by atoms with Gasteiger partial charge in [0.1, 0.15) is 12.7 Å². The maximum absolute atomic E-state index is 12.3. The molecule has 1 aromatic heterocycles. The number of aliphatic hydroxyl groups excluding tert-OH is 1. The Bertz CT molecular complexity index is 646. The molecule has 1 fully saturated rings. The van der Waals surface area contributed by atoms with Crippen molar-refractivity contribution < 1.29 is 9.90 Å². The van der Waals surface area contributed by atoms with Crippen LogP contribution in [0.1, 0.15) is 12.0 Å². The molecular formula is C17H23N5O2. The van der Waals surface area contributed by atoms with Gasteiger partial charge in [0.2, 0.25) is 5.91 Å². The number of amides is 1. The van der Waals surface area contributed by atoms with Crippen molar-refractivity contribution in [1.29, 1.82) is 0 Å². The molecule has 0 bridgehead atoms. The van der Waals surface area contributed by atoms with Crippen LogP contribution in [0, 0.1) is 0 Å². The summed E-state index contributed by atoms with van der Waals surface area (Å²) in [4.78, 5) is 20.1. The van der Waals surface area contributed by atoms with E-state index in [0.717, 1.165) is 6.54 Å². The number of aliphatic hydroxyl groups is 1. The van der Waals surface area contributed by atoms with Gasteiger partial charge in [-0.05, 0) is 12.6 Å². The lowest BCUT2D eigenvalue weighted by atomic mass is 10.1. The quantitative estimate of drug-likeness (QED) is 0.829. The van der Waals surface area contributed by atoms with Crippen LogP contribution in [0.2, 0.25) is 0 Å². The molecule has 0 spiro atoms. The van der Waals surface area contributed by atoms with Gasteiger partial charge in [-0.3, -0.25) is 14.4 Å². The first-order chi connectivity index (χ1) is 11.6. The van der Waals surface area contributed by atoms with Crippen LogP contribution in [0.25, 0.3) is 0 Å². The molecule has 0 saturated carbocycles. The molecule has 7 heteroatoms. The van der Waals surface area contributed by atoms with E-state index in [0.29, 0.717) is 26.1 Å². The molecule has 1 saturated heterocycles. The third-order valence-electron chi connectivity index (χ3n) is 4.47. The number of likely N-dealkylation sites (tertiary alicyclic amines) is 1. The van der Waals surface area contributed by atoms with Crippen molar-refractivity contribution in [2.24, 2.45) is 0 Å². The Balaban J connectivity index is 1.52. The summed E-state index contributed by atoms with van der Waals surface area (Å²) in [7, 11) is 1.99. The van der Waals surface area contributed by atoms with Gasteiger partial charge in [-0.15, -0.1) is 0 Å². The maximum Gasteiger partial charge on any atom is 0.224 e. The Morgan fingerprint density at radius 3 is 2.83 bits per heavy atom. The standard InChI is InChI=1S/C17H23N5O2/c1-20(9-14-5-3-2-4-6-14)15-10-21(11-16(15)23)17(24)7-8-22-13-18-12-19-22/h2-6,12-13,15-16,23H,7-11H2,1H3/t15-,16-/m1/s1. The van der Waals surface area contributed by atoms with Crippen LogP contribution in [0.5, 0.6) is 0 Å². The normalized spacial score (nSPS) is 20.7. The van der Waals surface area contributed by atoms with Gasteiger partial charge in [-0.1, -0.05) is 30.3 Å². The summed E-state index contributed by atoms with van der Waals surface area (Å²) < 4.78 is 1.64. The average Bonchev–Trinajstić information content (AvgIpc) is 3.23. The second-order valence-electron chi connectivity index (χ2n) is 6.24. The summed E-state index contributed by atoms with van der Waals surface area (Å²) in [5, 5.41) is 14.3. The number of hydrogen-bond donors (Lipinski definition) is 1. The number of hydrogen-bond acceptors (Lipinski definition) is 5. The second-order valence-corrected chi connectivity index (χ2v) is 6.24. The number of likely N-dealkylation sites (N-methyl/N-ethyl adjacent to an activating group) is 1. The van der Waals surface area contributed by atoms with E-state index in [9.17, 15) is 9.90 Å². The van der Waals surface area contributed by atoms with Crippen LogP contribution in [0.4, 0.5) is 0 Å². The molecule has 1 aromatic carbocycles. The summed E-state index contributed by atoms with van der Waals surface area (Å²) in [5.41, 5.74) is 1.20. The topological polar surface area (TPSA) is 74.5 Å². The third kappa shape index (κ3) is 3.98. The number of nitrogens with zero attached hydrogens (tertiary/aromatic N) is 5. The number of rotatable bonds is 6. The fourth-order valence-electron chi connectivity index (χ4n) is 3.11. The van der Waals surface area contributed by atoms with Gasteiger partial charge in [0.15, 0.2) is 0 Å². The zero-order valence-electron chi connectivity index (χ0n) is 13.8. The highest BCUT2D eigenvalue weighted by Crippen LogP contribution is 2.18. The smallest absolute Gasteiger partial charge is 0.224 e. The molecule has 7 nitrogen and oxygen atoms in total. The van der Waals surface area contributed by atoms with Gasteiger partial charge in [-0.2, -0.15) is 5.10 Å². The van der Waals surface area contributed by atoms with Gasteiger partial charge in [-0.25, -0.2) is 4.98 Å². The molecule has 1 N–H and O–H groups in total. The Hall–Kier alpha value is -2.25. The minimum Gasteiger partial charge on any atom is -0.390 e. The minimum absolute atomic E-state index is 0.0412. The number of carbonyl (C=O) groups excluding carboxylic acids is 1. The summed E-state index contributed by atoms with van der Waals surface area (Å²) in [6, 6.07) is 10.1. The molecule has 3 rings (SSSR count). The average molecular weight is 329 g/mol.